The number of halogens is 2. The molecule has 0 saturated carbocycles. The van der Waals surface area contributed by atoms with Crippen LogP contribution in [-0.4, -0.2) is 21.6 Å². The highest BCUT2D eigenvalue weighted by Gasteiger charge is 2.14. The molecule has 0 atom stereocenters. The Hall–Kier alpha value is -1.60. The van der Waals surface area contributed by atoms with Gasteiger partial charge in [0.1, 0.15) is 5.52 Å². The molecule has 3 aromatic rings. The molecule has 0 saturated heterocycles. The second-order valence-electron chi connectivity index (χ2n) is 4.10. The van der Waals surface area contributed by atoms with Crippen LogP contribution in [0.3, 0.4) is 0 Å². The van der Waals surface area contributed by atoms with E-state index in [1.54, 1.807) is 17.7 Å². The monoisotopic (exact) mass is 396 g/mol. The zero-order valence-corrected chi connectivity index (χ0v) is 13.6. The number of rotatable bonds is 2. The van der Waals surface area contributed by atoms with Crippen molar-refractivity contribution in [3.63, 3.8) is 0 Å². The van der Waals surface area contributed by atoms with Crippen molar-refractivity contribution >= 4 is 49.0 Å². The van der Waals surface area contributed by atoms with Crippen LogP contribution in [0.2, 0.25) is 0 Å². The SMILES string of the molecule is COc1ccc2nc(N)n(-c3ccc(Br)cc3Br)c2n1. The Balaban J connectivity index is 2.31. The van der Waals surface area contributed by atoms with E-state index in [0.29, 0.717) is 17.5 Å². The predicted octanol–water partition coefficient (Wildman–Crippen LogP) is 3.54. The average molecular weight is 398 g/mol. The number of nitrogens with two attached hydrogens (primary N) is 1. The van der Waals surface area contributed by atoms with E-state index in [9.17, 15) is 0 Å². The van der Waals surface area contributed by atoms with Crippen molar-refractivity contribution in [2.75, 3.05) is 12.8 Å². The normalized spacial score (nSPS) is 10.9. The molecule has 5 nitrogen and oxygen atoms in total. The van der Waals surface area contributed by atoms with Gasteiger partial charge >= 0.3 is 0 Å². The van der Waals surface area contributed by atoms with Gasteiger partial charge in [-0.25, -0.2) is 4.98 Å². The number of benzene rings is 1. The van der Waals surface area contributed by atoms with E-state index >= 15 is 0 Å². The molecule has 0 bridgehead atoms. The molecule has 102 valence electrons. The average Bonchev–Trinajstić information content (AvgIpc) is 2.74. The Morgan fingerprint density at radius 1 is 1.15 bits per heavy atom. The second-order valence-corrected chi connectivity index (χ2v) is 5.87. The van der Waals surface area contributed by atoms with E-state index in [2.05, 4.69) is 41.8 Å². The number of methoxy groups -OCH3 is 1. The molecule has 0 spiro atoms. The maximum atomic E-state index is 6.02. The van der Waals surface area contributed by atoms with Gasteiger partial charge < -0.3 is 10.5 Å². The van der Waals surface area contributed by atoms with Gasteiger partial charge in [0, 0.05) is 15.0 Å². The zero-order valence-electron chi connectivity index (χ0n) is 10.5. The summed E-state index contributed by atoms with van der Waals surface area (Å²) in [5, 5.41) is 0. The maximum Gasteiger partial charge on any atom is 0.215 e. The molecule has 0 aliphatic rings. The van der Waals surface area contributed by atoms with Crippen LogP contribution >= 0.6 is 31.9 Å². The molecule has 2 N–H and O–H groups in total. The lowest BCUT2D eigenvalue weighted by Crippen LogP contribution is -2.02. The highest BCUT2D eigenvalue weighted by molar-refractivity contribution is 9.11. The maximum absolute atomic E-state index is 6.02. The van der Waals surface area contributed by atoms with Gasteiger partial charge in [0.25, 0.3) is 0 Å². The summed E-state index contributed by atoms with van der Waals surface area (Å²) >= 11 is 6.96. The first-order valence-electron chi connectivity index (χ1n) is 5.74. The van der Waals surface area contributed by atoms with Crippen molar-refractivity contribution in [3.05, 3.63) is 39.3 Å². The summed E-state index contributed by atoms with van der Waals surface area (Å²) in [6, 6.07) is 9.41. The third-order valence-electron chi connectivity index (χ3n) is 2.86. The van der Waals surface area contributed by atoms with Crippen LogP contribution in [0.5, 0.6) is 5.88 Å². The molecular formula is C13H10Br2N4O. The lowest BCUT2D eigenvalue weighted by atomic mass is 10.3. The van der Waals surface area contributed by atoms with E-state index in [0.717, 1.165) is 20.1 Å². The summed E-state index contributed by atoms with van der Waals surface area (Å²) in [5.74, 6) is 0.899. The van der Waals surface area contributed by atoms with E-state index in [1.807, 2.05) is 24.3 Å². The summed E-state index contributed by atoms with van der Waals surface area (Å²) < 4.78 is 8.81. The number of anilines is 1. The van der Waals surface area contributed by atoms with Crippen molar-refractivity contribution < 1.29 is 4.74 Å². The molecule has 0 aliphatic carbocycles. The van der Waals surface area contributed by atoms with Crippen molar-refractivity contribution in [2.45, 2.75) is 0 Å². The summed E-state index contributed by atoms with van der Waals surface area (Å²) in [6.07, 6.45) is 0. The Kier molecular flexibility index (Phi) is 3.39. The van der Waals surface area contributed by atoms with Gasteiger partial charge in [0.2, 0.25) is 11.8 Å². The molecule has 3 rings (SSSR count). The smallest absolute Gasteiger partial charge is 0.215 e. The van der Waals surface area contributed by atoms with Crippen LogP contribution in [0.25, 0.3) is 16.9 Å². The number of nitrogen functional groups attached to an aromatic ring is 1. The fraction of sp³-hybridized carbons (Fsp3) is 0.0769. The number of hydrogen-bond donors (Lipinski definition) is 1. The molecule has 7 heteroatoms. The van der Waals surface area contributed by atoms with Crippen LogP contribution in [0.1, 0.15) is 0 Å². The molecule has 20 heavy (non-hydrogen) atoms. The number of hydrogen-bond acceptors (Lipinski definition) is 4. The number of ether oxygens (including phenoxy) is 1. The standard InChI is InChI=1S/C13H10Br2N4O/c1-20-11-5-3-9-12(18-11)19(13(16)17-9)10-4-2-7(14)6-8(10)15/h2-6H,1H3,(H2,16,17). The molecule has 0 fully saturated rings. The summed E-state index contributed by atoms with van der Waals surface area (Å²) in [4.78, 5) is 8.74. The van der Waals surface area contributed by atoms with E-state index in [4.69, 9.17) is 10.5 Å². The molecule has 1 aromatic carbocycles. The van der Waals surface area contributed by atoms with Gasteiger partial charge in [0.15, 0.2) is 5.65 Å². The topological polar surface area (TPSA) is 66.0 Å². The minimum atomic E-state index is 0.378. The molecule has 0 radical (unpaired) electrons. The Morgan fingerprint density at radius 3 is 2.65 bits per heavy atom. The van der Waals surface area contributed by atoms with Gasteiger partial charge in [-0.1, -0.05) is 15.9 Å². The summed E-state index contributed by atoms with van der Waals surface area (Å²) in [7, 11) is 1.58. The summed E-state index contributed by atoms with van der Waals surface area (Å²) in [6.45, 7) is 0. The molecule has 0 unspecified atom stereocenters. The molecule has 0 amide bonds. The number of aromatic nitrogens is 3. The fourth-order valence-corrected chi connectivity index (χ4v) is 3.20. The minimum Gasteiger partial charge on any atom is -0.481 e. The van der Waals surface area contributed by atoms with Crippen LogP contribution in [0, 0.1) is 0 Å². The van der Waals surface area contributed by atoms with Crippen LogP contribution < -0.4 is 10.5 Å². The first-order chi connectivity index (χ1) is 9.60. The zero-order chi connectivity index (χ0) is 14.3. The van der Waals surface area contributed by atoms with E-state index < -0.39 is 0 Å². The number of pyridine rings is 1. The lowest BCUT2D eigenvalue weighted by Gasteiger charge is -2.09. The predicted molar refractivity (Wildman–Crippen MR) is 85.2 cm³/mol. The largest absolute Gasteiger partial charge is 0.481 e. The van der Waals surface area contributed by atoms with Crippen molar-refractivity contribution in [1.82, 2.24) is 14.5 Å². The fourth-order valence-electron chi connectivity index (χ4n) is 1.97. The molecule has 2 heterocycles. The van der Waals surface area contributed by atoms with Crippen molar-refractivity contribution in [1.29, 1.82) is 0 Å². The van der Waals surface area contributed by atoms with Gasteiger partial charge in [0.05, 0.1) is 12.8 Å². The molecular weight excluding hydrogens is 388 g/mol. The van der Waals surface area contributed by atoms with E-state index in [1.165, 1.54) is 0 Å². The quantitative estimate of drug-likeness (QED) is 0.718. The Labute approximate surface area is 132 Å². The highest BCUT2D eigenvalue weighted by atomic mass is 79.9. The van der Waals surface area contributed by atoms with Crippen LogP contribution in [-0.2, 0) is 0 Å². The van der Waals surface area contributed by atoms with E-state index in [-0.39, 0.29) is 0 Å². The lowest BCUT2D eigenvalue weighted by molar-refractivity contribution is 0.399. The van der Waals surface area contributed by atoms with Crippen LogP contribution in [0.15, 0.2) is 39.3 Å². The van der Waals surface area contributed by atoms with Crippen molar-refractivity contribution in [3.8, 4) is 11.6 Å². The van der Waals surface area contributed by atoms with Crippen molar-refractivity contribution in [2.24, 2.45) is 0 Å². The minimum absolute atomic E-state index is 0.378. The van der Waals surface area contributed by atoms with Gasteiger partial charge in [-0.05, 0) is 40.2 Å². The van der Waals surface area contributed by atoms with Gasteiger partial charge in [-0.2, -0.15) is 4.98 Å². The second kappa shape index (κ2) is 5.06. The van der Waals surface area contributed by atoms with Gasteiger partial charge in [-0.3, -0.25) is 4.57 Å². The third-order valence-corrected chi connectivity index (χ3v) is 3.99. The third kappa shape index (κ3) is 2.16. The Morgan fingerprint density at radius 2 is 1.95 bits per heavy atom. The first kappa shape index (κ1) is 13.4. The number of imidazole rings is 1. The highest BCUT2D eigenvalue weighted by Crippen LogP contribution is 2.30. The molecule has 2 aromatic heterocycles. The van der Waals surface area contributed by atoms with Gasteiger partial charge in [-0.15, -0.1) is 0 Å². The van der Waals surface area contributed by atoms with Crippen LogP contribution in [0.4, 0.5) is 5.95 Å². The summed E-state index contributed by atoms with van der Waals surface area (Å²) in [5.41, 5.74) is 8.27. The first-order valence-corrected chi connectivity index (χ1v) is 7.33. The number of fused-ring (bicyclic) bond motifs is 1. The molecule has 0 aliphatic heterocycles. The Bertz CT molecular complexity index is 800. The number of nitrogens with zero attached hydrogens (tertiary/aromatic N) is 3.